The summed E-state index contributed by atoms with van der Waals surface area (Å²) in [4.78, 5) is 24.3. The Kier molecular flexibility index (Phi) is 5.41. The van der Waals surface area contributed by atoms with E-state index in [1.165, 1.54) is 0 Å². The van der Waals surface area contributed by atoms with E-state index >= 15 is 0 Å². The molecule has 0 unspecified atom stereocenters. The van der Waals surface area contributed by atoms with Crippen molar-refractivity contribution in [1.29, 1.82) is 0 Å². The largest absolute Gasteiger partial charge is 0.480 e. The van der Waals surface area contributed by atoms with Crippen LogP contribution in [0.25, 0.3) is 0 Å². The normalized spacial score (nSPS) is 23.1. The van der Waals surface area contributed by atoms with Crippen LogP contribution in [-0.4, -0.2) is 47.1 Å². The first-order valence-corrected chi connectivity index (χ1v) is 6.30. The number of nitrogens with one attached hydrogen (secondary N) is 1. The van der Waals surface area contributed by atoms with Crippen LogP contribution in [0.1, 0.15) is 39.5 Å². The fourth-order valence-electron chi connectivity index (χ4n) is 2.16. The van der Waals surface area contributed by atoms with Crippen LogP contribution in [0, 0.1) is 0 Å². The van der Waals surface area contributed by atoms with Gasteiger partial charge in [0, 0.05) is 19.0 Å². The van der Waals surface area contributed by atoms with Gasteiger partial charge in [0.15, 0.2) is 0 Å². The molecular weight excluding hydrogens is 220 g/mol. The van der Waals surface area contributed by atoms with Crippen molar-refractivity contribution in [2.24, 2.45) is 0 Å². The summed E-state index contributed by atoms with van der Waals surface area (Å²) in [6.45, 7) is 5.11. The first-order chi connectivity index (χ1) is 8.04. The number of rotatable bonds is 5. The summed E-state index contributed by atoms with van der Waals surface area (Å²) >= 11 is 0. The maximum Gasteiger partial charge on any atom is 0.320 e. The number of piperidine rings is 1. The van der Waals surface area contributed by atoms with E-state index in [2.05, 4.69) is 5.32 Å². The van der Waals surface area contributed by atoms with E-state index in [1.54, 1.807) is 6.92 Å². The number of hydrogen-bond donors (Lipinski definition) is 2. The monoisotopic (exact) mass is 242 g/mol. The molecule has 5 nitrogen and oxygen atoms in total. The van der Waals surface area contributed by atoms with Crippen LogP contribution in [0.5, 0.6) is 0 Å². The summed E-state index contributed by atoms with van der Waals surface area (Å²) in [5.41, 5.74) is 0. The topological polar surface area (TPSA) is 69.6 Å². The number of hydrogen-bond acceptors (Lipinski definition) is 3. The highest BCUT2D eigenvalue weighted by Gasteiger charge is 2.27. The Morgan fingerprint density at radius 3 is 2.82 bits per heavy atom. The summed E-state index contributed by atoms with van der Waals surface area (Å²) in [5, 5.41) is 11.9. The quantitative estimate of drug-likeness (QED) is 0.749. The van der Waals surface area contributed by atoms with Gasteiger partial charge in [-0.15, -0.1) is 0 Å². The zero-order chi connectivity index (χ0) is 12.8. The molecule has 0 aromatic carbocycles. The number of nitrogens with zero attached hydrogens (tertiary/aromatic N) is 1. The van der Waals surface area contributed by atoms with Gasteiger partial charge >= 0.3 is 5.97 Å². The molecule has 0 saturated carbocycles. The van der Waals surface area contributed by atoms with Gasteiger partial charge in [-0.1, -0.05) is 6.92 Å². The van der Waals surface area contributed by atoms with Crippen LogP contribution < -0.4 is 5.32 Å². The summed E-state index contributed by atoms with van der Waals surface area (Å²) < 4.78 is 0. The third-order valence-corrected chi connectivity index (χ3v) is 3.20. The first kappa shape index (κ1) is 14.0. The van der Waals surface area contributed by atoms with E-state index in [-0.39, 0.29) is 11.9 Å². The van der Waals surface area contributed by atoms with E-state index in [1.807, 2.05) is 11.8 Å². The van der Waals surface area contributed by atoms with Gasteiger partial charge in [-0.3, -0.25) is 14.5 Å². The molecule has 2 atom stereocenters. The van der Waals surface area contributed by atoms with Crippen LogP contribution in [0.2, 0.25) is 0 Å². The molecule has 1 aliphatic rings. The van der Waals surface area contributed by atoms with E-state index in [0.29, 0.717) is 13.0 Å². The summed E-state index contributed by atoms with van der Waals surface area (Å²) in [5.74, 6) is -0.729. The predicted molar refractivity (Wildman–Crippen MR) is 64.7 cm³/mol. The summed E-state index contributed by atoms with van der Waals surface area (Å²) in [6.07, 6.45) is 3.27. The van der Waals surface area contributed by atoms with Crippen molar-refractivity contribution in [2.45, 2.75) is 51.6 Å². The third kappa shape index (κ3) is 4.34. The molecule has 0 radical (unpaired) electrons. The summed E-state index contributed by atoms with van der Waals surface area (Å²) in [6, 6.07) is -0.370. The fourth-order valence-corrected chi connectivity index (χ4v) is 2.16. The second-order valence-corrected chi connectivity index (χ2v) is 4.67. The first-order valence-electron chi connectivity index (χ1n) is 6.30. The maximum absolute atomic E-state index is 11.5. The Hall–Kier alpha value is -1.10. The summed E-state index contributed by atoms with van der Waals surface area (Å²) in [7, 11) is 0. The molecule has 1 fully saturated rings. The van der Waals surface area contributed by atoms with E-state index in [0.717, 1.165) is 25.8 Å². The van der Waals surface area contributed by atoms with Gasteiger partial charge in [0.25, 0.3) is 0 Å². The Bertz CT molecular complexity index is 281. The van der Waals surface area contributed by atoms with Crippen LogP contribution in [0.3, 0.4) is 0 Å². The standard InChI is InChI=1S/C12H22N2O3/c1-3-5-11(15)13-10-6-4-7-14(8-10)9(2)12(16)17/h9-10H,3-8H2,1-2H3,(H,13,15)(H,16,17)/t9-,10+/m0/s1. The lowest BCUT2D eigenvalue weighted by Crippen LogP contribution is -2.52. The Balaban J connectivity index is 2.43. The average Bonchev–Trinajstić information content (AvgIpc) is 2.28. The van der Waals surface area contributed by atoms with Gasteiger partial charge in [0.1, 0.15) is 6.04 Å². The molecule has 1 aliphatic heterocycles. The fraction of sp³-hybridized carbons (Fsp3) is 0.833. The number of carboxylic acid groups (broad SMARTS) is 1. The van der Waals surface area contributed by atoms with Gasteiger partial charge in [-0.05, 0) is 32.7 Å². The minimum atomic E-state index is -0.800. The van der Waals surface area contributed by atoms with Crippen molar-refractivity contribution in [2.75, 3.05) is 13.1 Å². The second-order valence-electron chi connectivity index (χ2n) is 4.67. The molecule has 2 N–H and O–H groups in total. The highest BCUT2D eigenvalue weighted by Crippen LogP contribution is 2.13. The number of carbonyl (C=O) groups is 2. The Labute approximate surface area is 102 Å². The molecule has 1 heterocycles. The van der Waals surface area contributed by atoms with Gasteiger partial charge in [0.2, 0.25) is 5.91 Å². The highest BCUT2D eigenvalue weighted by molar-refractivity contribution is 5.76. The number of carbonyl (C=O) groups excluding carboxylic acids is 1. The Morgan fingerprint density at radius 2 is 2.24 bits per heavy atom. The molecule has 5 heteroatoms. The lowest BCUT2D eigenvalue weighted by atomic mass is 10.0. The minimum Gasteiger partial charge on any atom is -0.480 e. The lowest BCUT2D eigenvalue weighted by Gasteiger charge is -2.35. The van der Waals surface area contributed by atoms with Crippen LogP contribution >= 0.6 is 0 Å². The van der Waals surface area contributed by atoms with E-state index in [9.17, 15) is 9.59 Å². The van der Waals surface area contributed by atoms with Crippen molar-refractivity contribution in [3.8, 4) is 0 Å². The molecule has 1 saturated heterocycles. The molecule has 0 aromatic rings. The number of amides is 1. The predicted octanol–water partition coefficient (Wildman–Crippen LogP) is 0.840. The maximum atomic E-state index is 11.5. The van der Waals surface area contributed by atoms with Crippen molar-refractivity contribution in [1.82, 2.24) is 10.2 Å². The SMILES string of the molecule is CCCC(=O)N[C@@H]1CCCN([C@@H](C)C(=O)O)C1. The molecule has 1 amide bonds. The van der Waals surface area contributed by atoms with Crippen molar-refractivity contribution < 1.29 is 14.7 Å². The molecule has 98 valence electrons. The van der Waals surface area contributed by atoms with E-state index < -0.39 is 12.0 Å². The van der Waals surface area contributed by atoms with Crippen molar-refractivity contribution >= 4 is 11.9 Å². The van der Waals surface area contributed by atoms with Crippen molar-refractivity contribution in [3.05, 3.63) is 0 Å². The zero-order valence-electron chi connectivity index (χ0n) is 10.6. The smallest absolute Gasteiger partial charge is 0.320 e. The Morgan fingerprint density at radius 1 is 1.53 bits per heavy atom. The van der Waals surface area contributed by atoms with Gasteiger partial charge < -0.3 is 10.4 Å². The van der Waals surface area contributed by atoms with E-state index in [4.69, 9.17) is 5.11 Å². The molecule has 0 aromatic heterocycles. The lowest BCUT2D eigenvalue weighted by molar-refractivity contribution is -0.143. The molecule has 17 heavy (non-hydrogen) atoms. The number of aliphatic carboxylic acids is 1. The highest BCUT2D eigenvalue weighted by atomic mass is 16.4. The number of likely N-dealkylation sites (tertiary alicyclic amines) is 1. The zero-order valence-corrected chi connectivity index (χ0v) is 10.6. The molecule has 0 bridgehead atoms. The average molecular weight is 242 g/mol. The van der Waals surface area contributed by atoms with Gasteiger partial charge in [-0.25, -0.2) is 0 Å². The van der Waals surface area contributed by atoms with Gasteiger partial charge in [0.05, 0.1) is 0 Å². The second kappa shape index (κ2) is 6.59. The molecular formula is C12H22N2O3. The molecule has 0 spiro atoms. The molecule has 0 aliphatic carbocycles. The third-order valence-electron chi connectivity index (χ3n) is 3.20. The number of carboxylic acids is 1. The van der Waals surface area contributed by atoms with Gasteiger partial charge in [-0.2, -0.15) is 0 Å². The molecule has 1 rings (SSSR count). The van der Waals surface area contributed by atoms with Crippen molar-refractivity contribution in [3.63, 3.8) is 0 Å². The minimum absolute atomic E-state index is 0.0716. The van der Waals surface area contributed by atoms with Crippen LogP contribution in [0.4, 0.5) is 0 Å². The van der Waals surface area contributed by atoms with Crippen LogP contribution in [0.15, 0.2) is 0 Å². The van der Waals surface area contributed by atoms with Crippen LogP contribution in [-0.2, 0) is 9.59 Å².